The molecule has 1 saturated carbocycles. The highest BCUT2D eigenvalue weighted by Gasteiger charge is 2.59. The fourth-order valence-corrected chi connectivity index (χ4v) is 4.29. The van der Waals surface area contributed by atoms with Crippen LogP contribution in [0.4, 0.5) is 5.69 Å². The third-order valence-corrected chi connectivity index (χ3v) is 5.62. The normalized spacial score (nSPS) is 27.7. The molecule has 2 aliphatic carbocycles. The van der Waals surface area contributed by atoms with Gasteiger partial charge in [-0.15, -0.1) is 0 Å². The minimum atomic E-state index is -1.10. The molecule has 1 heterocycles. The SMILES string of the molecule is CN(C)c1ccc(C=NN2C(=O)C3C4C=CC(C4)C3C2=O)c(OCC(=O)O)c1. The number of carbonyl (C=O) groups is 3. The number of rotatable bonds is 6. The molecule has 0 spiro atoms. The molecule has 4 unspecified atom stereocenters. The molecule has 28 heavy (non-hydrogen) atoms. The van der Waals surface area contributed by atoms with Gasteiger partial charge in [0.2, 0.25) is 0 Å². The van der Waals surface area contributed by atoms with Gasteiger partial charge in [0.25, 0.3) is 11.8 Å². The average molecular weight is 383 g/mol. The highest BCUT2D eigenvalue weighted by Crippen LogP contribution is 2.52. The Morgan fingerprint density at radius 1 is 1.25 bits per heavy atom. The number of hydrogen-bond acceptors (Lipinski definition) is 6. The van der Waals surface area contributed by atoms with Crippen molar-refractivity contribution in [1.82, 2.24) is 5.01 Å². The number of allylic oxidation sites excluding steroid dienone is 2. The van der Waals surface area contributed by atoms with E-state index in [9.17, 15) is 14.4 Å². The highest BCUT2D eigenvalue weighted by molar-refractivity contribution is 6.07. The van der Waals surface area contributed by atoms with Crippen molar-refractivity contribution in [3.63, 3.8) is 0 Å². The molecule has 2 bridgehead atoms. The van der Waals surface area contributed by atoms with Gasteiger partial charge >= 0.3 is 5.97 Å². The Kier molecular flexibility index (Phi) is 4.41. The second-order valence-corrected chi connectivity index (χ2v) is 7.53. The van der Waals surface area contributed by atoms with Crippen molar-refractivity contribution in [3.8, 4) is 5.75 Å². The fourth-order valence-electron chi connectivity index (χ4n) is 4.29. The average Bonchev–Trinajstić information content (AvgIpc) is 3.33. The summed E-state index contributed by atoms with van der Waals surface area (Å²) in [6, 6.07) is 5.23. The van der Waals surface area contributed by atoms with Crippen molar-refractivity contribution in [2.24, 2.45) is 28.8 Å². The van der Waals surface area contributed by atoms with E-state index in [1.807, 2.05) is 37.2 Å². The van der Waals surface area contributed by atoms with E-state index >= 15 is 0 Å². The summed E-state index contributed by atoms with van der Waals surface area (Å²) in [4.78, 5) is 38.1. The first-order valence-electron chi connectivity index (χ1n) is 9.13. The van der Waals surface area contributed by atoms with Gasteiger partial charge < -0.3 is 14.7 Å². The smallest absolute Gasteiger partial charge is 0.341 e. The molecular formula is C20H21N3O5. The lowest BCUT2D eigenvalue weighted by Gasteiger charge is -2.16. The molecule has 0 aromatic heterocycles. The summed E-state index contributed by atoms with van der Waals surface area (Å²) >= 11 is 0. The molecule has 0 radical (unpaired) electrons. The van der Waals surface area contributed by atoms with Crippen molar-refractivity contribution in [2.45, 2.75) is 6.42 Å². The van der Waals surface area contributed by atoms with Crippen LogP contribution in [0.1, 0.15) is 12.0 Å². The van der Waals surface area contributed by atoms with Crippen LogP contribution in [0.3, 0.4) is 0 Å². The zero-order valence-electron chi connectivity index (χ0n) is 15.6. The number of aliphatic carboxylic acids is 1. The van der Waals surface area contributed by atoms with Crippen LogP contribution < -0.4 is 9.64 Å². The molecule has 4 atom stereocenters. The van der Waals surface area contributed by atoms with Gasteiger partial charge in [-0.1, -0.05) is 12.2 Å². The Balaban J connectivity index is 1.58. The lowest BCUT2D eigenvalue weighted by Crippen LogP contribution is -2.28. The van der Waals surface area contributed by atoms with Crippen LogP contribution in [0.2, 0.25) is 0 Å². The number of anilines is 1. The molecule has 146 valence electrons. The first-order chi connectivity index (χ1) is 13.4. The van der Waals surface area contributed by atoms with E-state index in [0.717, 1.165) is 17.1 Å². The number of fused-ring (bicyclic) bond motifs is 5. The van der Waals surface area contributed by atoms with Gasteiger partial charge in [0.15, 0.2) is 6.61 Å². The van der Waals surface area contributed by atoms with Crippen LogP contribution in [0.25, 0.3) is 0 Å². The van der Waals surface area contributed by atoms with Gasteiger partial charge in [-0.25, -0.2) is 4.79 Å². The molecule has 3 aliphatic rings. The number of ether oxygens (including phenoxy) is 1. The second-order valence-electron chi connectivity index (χ2n) is 7.53. The van der Waals surface area contributed by atoms with Gasteiger partial charge in [-0.2, -0.15) is 10.1 Å². The van der Waals surface area contributed by atoms with Crippen molar-refractivity contribution < 1.29 is 24.2 Å². The standard InChI is InChI=1S/C20H21N3O5/c1-22(2)14-6-5-13(15(8-14)28-10-16(24)25)9-21-23-19(26)17-11-3-4-12(7-11)18(17)20(23)27/h3-6,8-9,11-12,17-18H,7,10H2,1-2H3,(H,24,25). The first-order valence-corrected chi connectivity index (χ1v) is 9.13. The van der Waals surface area contributed by atoms with Gasteiger partial charge in [0.1, 0.15) is 5.75 Å². The Morgan fingerprint density at radius 2 is 1.89 bits per heavy atom. The van der Waals surface area contributed by atoms with Crippen LogP contribution in [0, 0.1) is 23.7 Å². The molecule has 2 fully saturated rings. The monoisotopic (exact) mass is 383 g/mol. The summed E-state index contributed by atoms with van der Waals surface area (Å²) in [5.41, 5.74) is 1.31. The van der Waals surface area contributed by atoms with E-state index < -0.39 is 12.6 Å². The maximum absolute atomic E-state index is 12.7. The maximum atomic E-state index is 12.7. The molecule has 1 saturated heterocycles. The quantitative estimate of drug-likeness (QED) is 0.452. The number of benzene rings is 1. The van der Waals surface area contributed by atoms with E-state index in [2.05, 4.69) is 5.10 Å². The Bertz CT molecular complexity index is 877. The topological polar surface area (TPSA) is 99.5 Å². The summed E-state index contributed by atoms with van der Waals surface area (Å²) in [7, 11) is 3.71. The van der Waals surface area contributed by atoms with Crippen molar-refractivity contribution >= 4 is 29.7 Å². The molecular weight excluding hydrogens is 362 g/mol. The zero-order chi connectivity index (χ0) is 20.0. The van der Waals surface area contributed by atoms with E-state index in [0.29, 0.717) is 11.3 Å². The summed E-state index contributed by atoms with van der Waals surface area (Å²) in [6.07, 6.45) is 6.30. The van der Waals surface area contributed by atoms with Crippen molar-refractivity contribution in [3.05, 3.63) is 35.9 Å². The molecule has 8 heteroatoms. The van der Waals surface area contributed by atoms with Crippen LogP contribution in [-0.2, 0) is 14.4 Å². The molecule has 2 amide bonds. The maximum Gasteiger partial charge on any atom is 0.341 e. The predicted molar refractivity (Wildman–Crippen MR) is 101 cm³/mol. The molecule has 4 rings (SSSR count). The van der Waals surface area contributed by atoms with Crippen molar-refractivity contribution in [2.75, 3.05) is 25.6 Å². The third kappa shape index (κ3) is 2.94. The van der Waals surface area contributed by atoms with E-state index in [-0.39, 0.29) is 35.5 Å². The number of carboxylic acids is 1. The molecule has 1 aromatic rings. The second kappa shape index (κ2) is 6.78. The molecule has 8 nitrogen and oxygen atoms in total. The highest BCUT2D eigenvalue weighted by atomic mass is 16.5. The fraction of sp³-hybridized carbons (Fsp3) is 0.400. The molecule has 1 aromatic carbocycles. The number of carboxylic acid groups (broad SMARTS) is 1. The van der Waals surface area contributed by atoms with E-state index in [4.69, 9.17) is 9.84 Å². The minimum absolute atomic E-state index is 0.125. The summed E-state index contributed by atoms with van der Waals surface area (Å²) < 4.78 is 5.36. The van der Waals surface area contributed by atoms with Crippen LogP contribution in [0.5, 0.6) is 5.75 Å². The molecule has 1 aliphatic heterocycles. The Hall–Kier alpha value is -3.16. The Morgan fingerprint density at radius 3 is 2.46 bits per heavy atom. The van der Waals surface area contributed by atoms with Gasteiger partial charge in [-0.05, 0) is 30.4 Å². The number of hydrogen-bond donors (Lipinski definition) is 1. The Labute approximate surface area is 162 Å². The number of amides is 2. The predicted octanol–water partition coefficient (Wildman–Crippen LogP) is 1.36. The number of carbonyl (C=O) groups excluding carboxylic acids is 2. The van der Waals surface area contributed by atoms with Crippen LogP contribution >= 0.6 is 0 Å². The largest absolute Gasteiger partial charge is 0.481 e. The van der Waals surface area contributed by atoms with Crippen LogP contribution in [0.15, 0.2) is 35.5 Å². The first kappa shape index (κ1) is 18.2. The third-order valence-electron chi connectivity index (χ3n) is 5.62. The van der Waals surface area contributed by atoms with Gasteiger partial charge in [-0.3, -0.25) is 9.59 Å². The lowest BCUT2D eigenvalue weighted by atomic mass is 9.85. The molecule has 1 N–H and O–H groups in total. The number of nitrogens with zero attached hydrogens (tertiary/aromatic N) is 3. The van der Waals surface area contributed by atoms with E-state index in [1.165, 1.54) is 6.21 Å². The summed E-state index contributed by atoms with van der Waals surface area (Å²) in [5.74, 6) is -1.67. The van der Waals surface area contributed by atoms with Crippen LogP contribution in [-0.4, -0.2) is 54.8 Å². The van der Waals surface area contributed by atoms with Gasteiger partial charge in [0, 0.05) is 31.4 Å². The summed E-state index contributed by atoms with van der Waals surface area (Å²) in [6.45, 7) is -0.502. The van der Waals surface area contributed by atoms with Gasteiger partial charge in [0.05, 0.1) is 18.1 Å². The number of imide groups is 1. The minimum Gasteiger partial charge on any atom is -0.481 e. The zero-order valence-corrected chi connectivity index (χ0v) is 15.6. The lowest BCUT2D eigenvalue weighted by molar-refractivity contribution is -0.141. The summed E-state index contributed by atoms with van der Waals surface area (Å²) in [5, 5.41) is 14.0. The number of hydrazone groups is 1. The van der Waals surface area contributed by atoms with E-state index in [1.54, 1.807) is 12.1 Å². The van der Waals surface area contributed by atoms with Crippen molar-refractivity contribution in [1.29, 1.82) is 0 Å².